The molecular formula is C15H25NS. The maximum Gasteiger partial charge on any atom is 0.0443 e. The average molecular weight is 251 g/mol. The number of rotatable bonds is 3. The summed E-state index contributed by atoms with van der Waals surface area (Å²) in [7, 11) is 2.13. The summed E-state index contributed by atoms with van der Waals surface area (Å²) in [5, 5.41) is 3.58. The van der Waals surface area contributed by atoms with E-state index in [4.69, 9.17) is 0 Å². The van der Waals surface area contributed by atoms with E-state index >= 15 is 0 Å². The highest BCUT2D eigenvalue weighted by Crippen LogP contribution is 2.37. The van der Waals surface area contributed by atoms with Gasteiger partial charge in [0.05, 0.1) is 0 Å². The van der Waals surface area contributed by atoms with Crippen LogP contribution in [0.2, 0.25) is 0 Å². The first kappa shape index (κ1) is 13.1. The third-order valence-electron chi connectivity index (χ3n) is 4.04. The summed E-state index contributed by atoms with van der Waals surface area (Å²) < 4.78 is 0. The van der Waals surface area contributed by atoms with E-state index in [1.54, 1.807) is 4.88 Å². The van der Waals surface area contributed by atoms with Crippen molar-refractivity contribution in [3.63, 3.8) is 0 Å². The van der Waals surface area contributed by atoms with Crippen LogP contribution in [0.3, 0.4) is 0 Å². The van der Waals surface area contributed by atoms with Gasteiger partial charge in [0, 0.05) is 15.8 Å². The Balaban J connectivity index is 2.16. The molecule has 96 valence electrons. The van der Waals surface area contributed by atoms with Gasteiger partial charge in [-0.25, -0.2) is 0 Å². The second-order valence-corrected chi connectivity index (χ2v) is 6.71. The molecular weight excluding hydrogens is 226 g/mol. The van der Waals surface area contributed by atoms with Crippen molar-refractivity contribution < 1.29 is 0 Å². The molecule has 0 radical (unpaired) electrons. The molecule has 1 N–H and O–H groups in total. The number of aryl methyl sites for hydroxylation is 2. The number of hydrogen-bond acceptors (Lipinski definition) is 2. The van der Waals surface area contributed by atoms with E-state index < -0.39 is 0 Å². The topological polar surface area (TPSA) is 12.0 Å². The van der Waals surface area contributed by atoms with Crippen LogP contribution in [0, 0.1) is 19.8 Å². The summed E-state index contributed by atoms with van der Waals surface area (Å²) in [6, 6.07) is 2.92. The quantitative estimate of drug-likeness (QED) is 0.774. The Morgan fingerprint density at radius 3 is 2.29 bits per heavy atom. The van der Waals surface area contributed by atoms with Crippen molar-refractivity contribution in [1.82, 2.24) is 5.32 Å². The van der Waals surface area contributed by atoms with Crippen LogP contribution in [0.15, 0.2) is 6.07 Å². The smallest absolute Gasteiger partial charge is 0.0443 e. The molecule has 1 atom stereocenters. The third-order valence-corrected chi connectivity index (χ3v) is 5.28. The van der Waals surface area contributed by atoms with Gasteiger partial charge in [0.15, 0.2) is 0 Å². The van der Waals surface area contributed by atoms with Crippen molar-refractivity contribution >= 4 is 11.3 Å². The van der Waals surface area contributed by atoms with Crippen LogP contribution in [-0.2, 0) is 0 Å². The van der Waals surface area contributed by atoms with Gasteiger partial charge in [-0.2, -0.15) is 0 Å². The molecule has 2 rings (SSSR count). The Bertz CT molecular complexity index is 348. The van der Waals surface area contributed by atoms with E-state index in [-0.39, 0.29) is 0 Å². The molecule has 0 bridgehead atoms. The van der Waals surface area contributed by atoms with Gasteiger partial charge >= 0.3 is 0 Å². The van der Waals surface area contributed by atoms with Crippen LogP contribution < -0.4 is 5.32 Å². The molecule has 1 nitrogen and oxygen atoms in total. The minimum absolute atomic E-state index is 0.590. The molecule has 1 saturated carbocycles. The monoisotopic (exact) mass is 251 g/mol. The van der Waals surface area contributed by atoms with Crippen molar-refractivity contribution in [3.05, 3.63) is 21.4 Å². The van der Waals surface area contributed by atoms with Gasteiger partial charge in [-0.3, -0.25) is 0 Å². The van der Waals surface area contributed by atoms with Crippen LogP contribution in [0.4, 0.5) is 0 Å². The molecule has 1 fully saturated rings. The Labute approximate surface area is 110 Å². The Kier molecular flexibility index (Phi) is 4.63. The van der Waals surface area contributed by atoms with E-state index in [1.807, 2.05) is 11.3 Å². The van der Waals surface area contributed by atoms with E-state index in [0.717, 1.165) is 5.92 Å². The highest BCUT2D eigenvalue weighted by atomic mass is 32.1. The summed E-state index contributed by atoms with van der Waals surface area (Å²) in [6.07, 6.45) is 8.53. The number of nitrogens with one attached hydrogen (secondary N) is 1. The second-order valence-electron chi connectivity index (χ2n) is 5.42. The lowest BCUT2D eigenvalue weighted by atomic mass is 9.90. The van der Waals surface area contributed by atoms with Crippen molar-refractivity contribution in [3.8, 4) is 0 Å². The predicted octanol–water partition coefficient (Wildman–Crippen LogP) is 4.60. The van der Waals surface area contributed by atoms with Crippen LogP contribution in [0.1, 0.15) is 59.9 Å². The summed E-state index contributed by atoms with van der Waals surface area (Å²) in [5.74, 6) is 0.847. The summed E-state index contributed by atoms with van der Waals surface area (Å²) in [6.45, 7) is 4.49. The molecule has 1 aromatic rings. The van der Waals surface area contributed by atoms with Crippen LogP contribution in [0.25, 0.3) is 0 Å². The minimum atomic E-state index is 0.590. The molecule has 0 amide bonds. The lowest BCUT2D eigenvalue weighted by Gasteiger charge is -2.25. The largest absolute Gasteiger partial charge is 0.312 e. The fraction of sp³-hybridized carbons (Fsp3) is 0.733. The standard InChI is InChI=1S/C15H25NS/c1-11-10-12(2)17-15(11)14(16-3)13-8-6-4-5-7-9-13/h10,13-14,16H,4-9H2,1-3H3. The average Bonchev–Trinajstić information content (AvgIpc) is 2.55. The zero-order valence-electron chi connectivity index (χ0n) is 11.4. The second kappa shape index (κ2) is 6.01. The molecule has 17 heavy (non-hydrogen) atoms. The van der Waals surface area contributed by atoms with Gasteiger partial charge in [-0.1, -0.05) is 25.7 Å². The van der Waals surface area contributed by atoms with Gasteiger partial charge < -0.3 is 5.32 Å². The number of hydrogen-bond donors (Lipinski definition) is 1. The minimum Gasteiger partial charge on any atom is -0.312 e. The maximum atomic E-state index is 3.58. The molecule has 1 aliphatic rings. The fourth-order valence-corrected chi connectivity index (χ4v) is 4.43. The van der Waals surface area contributed by atoms with Crippen molar-refractivity contribution in [1.29, 1.82) is 0 Å². The van der Waals surface area contributed by atoms with Crippen molar-refractivity contribution in [2.75, 3.05) is 7.05 Å². The van der Waals surface area contributed by atoms with Gasteiger partial charge in [0.2, 0.25) is 0 Å². The lowest BCUT2D eigenvalue weighted by Crippen LogP contribution is -2.24. The van der Waals surface area contributed by atoms with Gasteiger partial charge in [0.1, 0.15) is 0 Å². The fourth-order valence-electron chi connectivity index (χ4n) is 3.19. The molecule has 0 aliphatic heterocycles. The molecule has 1 heterocycles. The molecule has 0 spiro atoms. The van der Waals surface area contributed by atoms with Gasteiger partial charge in [-0.15, -0.1) is 11.3 Å². The SMILES string of the molecule is CNC(c1sc(C)cc1C)C1CCCCCC1. The van der Waals surface area contributed by atoms with E-state index in [1.165, 1.54) is 49.0 Å². The highest BCUT2D eigenvalue weighted by Gasteiger charge is 2.25. The van der Waals surface area contributed by atoms with E-state index in [0.29, 0.717) is 6.04 Å². The number of thiophene rings is 1. The lowest BCUT2D eigenvalue weighted by molar-refractivity contribution is 0.345. The zero-order valence-corrected chi connectivity index (χ0v) is 12.2. The van der Waals surface area contributed by atoms with Gasteiger partial charge in [0.25, 0.3) is 0 Å². The first-order chi connectivity index (χ1) is 8.22. The van der Waals surface area contributed by atoms with Crippen LogP contribution in [-0.4, -0.2) is 7.05 Å². The van der Waals surface area contributed by atoms with Crippen LogP contribution in [0.5, 0.6) is 0 Å². The van der Waals surface area contributed by atoms with Crippen LogP contribution >= 0.6 is 11.3 Å². The van der Waals surface area contributed by atoms with Gasteiger partial charge in [-0.05, 0) is 51.3 Å². The van der Waals surface area contributed by atoms with E-state index in [9.17, 15) is 0 Å². The normalized spacial score (nSPS) is 20.2. The Morgan fingerprint density at radius 1 is 1.18 bits per heavy atom. The zero-order chi connectivity index (χ0) is 12.3. The molecule has 1 unspecified atom stereocenters. The Morgan fingerprint density at radius 2 is 1.82 bits per heavy atom. The first-order valence-electron chi connectivity index (χ1n) is 6.96. The molecule has 1 aromatic heterocycles. The molecule has 1 aliphatic carbocycles. The molecule has 2 heteroatoms. The first-order valence-corrected chi connectivity index (χ1v) is 7.78. The molecule has 0 saturated heterocycles. The van der Waals surface area contributed by atoms with E-state index in [2.05, 4.69) is 32.3 Å². The summed E-state index contributed by atoms with van der Waals surface area (Å²) in [4.78, 5) is 3.03. The van der Waals surface area contributed by atoms with Crippen molar-refractivity contribution in [2.24, 2.45) is 5.92 Å². The Hall–Kier alpha value is -0.340. The van der Waals surface area contributed by atoms with Crippen molar-refractivity contribution in [2.45, 2.75) is 58.4 Å². The predicted molar refractivity (Wildman–Crippen MR) is 76.8 cm³/mol. The third kappa shape index (κ3) is 3.11. The summed E-state index contributed by atoms with van der Waals surface area (Å²) >= 11 is 1.98. The maximum absolute atomic E-state index is 3.58. The summed E-state index contributed by atoms with van der Waals surface area (Å²) in [5.41, 5.74) is 1.48. The highest BCUT2D eigenvalue weighted by molar-refractivity contribution is 7.12. The molecule has 0 aromatic carbocycles.